The molecule has 1 rings (SSSR count). The fourth-order valence-electron chi connectivity index (χ4n) is 5.09. The van der Waals surface area contributed by atoms with Crippen molar-refractivity contribution in [3.8, 4) is 0 Å². The van der Waals surface area contributed by atoms with Crippen molar-refractivity contribution in [2.24, 2.45) is 40.4 Å². The maximum absolute atomic E-state index is 12.2. The summed E-state index contributed by atoms with van der Waals surface area (Å²) in [4.78, 5) is 48.8. The fraction of sp³-hybridized carbons (Fsp3) is 0.789. The lowest BCUT2D eigenvalue weighted by Gasteiger charge is -2.50. The van der Waals surface area contributed by atoms with Gasteiger partial charge in [0.1, 0.15) is 0 Å². The zero-order valence-electron chi connectivity index (χ0n) is 16.4. The third-order valence-electron chi connectivity index (χ3n) is 6.52. The first-order valence-electron chi connectivity index (χ1n) is 9.22. The average molecular weight is 386 g/mol. The lowest BCUT2D eigenvalue weighted by atomic mass is 9.50. The van der Waals surface area contributed by atoms with Gasteiger partial charge in [0, 0.05) is 0 Å². The standard InChI is InChI=1S/C19H30O8/c1-9(2)18(14(20)21,15(22)23)12-7-6-11(5)8-13(12)19(10(3)4,16(24)25)17(26)27/h9-13H,6-8H2,1-5H3,(H,20,21)(H,22,23)(H,24,25)(H,26,27). The SMILES string of the molecule is CC1CCC(C(C(=O)O)(C(=O)O)C(C)C)C(C(C(=O)O)(C(=O)O)C(C)C)C1. The minimum atomic E-state index is -2.26. The van der Waals surface area contributed by atoms with E-state index >= 15 is 0 Å². The molecule has 3 unspecified atom stereocenters. The highest BCUT2D eigenvalue weighted by Gasteiger charge is 2.66. The fourth-order valence-corrected chi connectivity index (χ4v) is 5.09. The molecule has 3 atom stereocenters. The van der Waals surface area contributed by atoms with Crippen LogP contribution in [0.1, 0.15) is 53.9 Å². The summed E-state index contributed by atoms with van der Waals surface area (Å²) in [5.74, 6) is -10.2. The first kappa shape index (κ1) is 22.9. The molecule has 0 radical (unpaired) electrons. The Kier molecular flexibility index (Phi) is 6.67. The van der Waals surface area contributed by atoms with Crippen molar-refractivity contribution in [1.29, 1.82) is 0 Å². The van der Waals surface area contributed by atoms with Crippen molar-refractivity contribution < 1.29 is 39.6 Å². The molecule has 1 aliphatic rings. The van der Waals surface area contributed by atoms with Crippen molar-refractivity contribution in [3.63, 3.8) is 0 Å². The van der Waals surface area contributed by atoms with Crippen molar-refractivity contribution in [2.75, 3.05) is 0 Å². The molecule has 0 aromatic heterocycles. The summed E-state index contributed by atoms with van der Waals surface area (Å²) in [6.07, 6.45) is 0.817. The summed E-state index contributed by atoms with van der Waals surface area (Å²) in [6, 6.07) is 0. The Morgan fingerprint density at radius 1 is 0.704 bits per heavy atom. The van der Waals surface area contributed by atoms with Gasteiger partial charge >= 0.3 is 23.9 Å². The number of rotatable bonds is 8. The predicted octanol–water partition coefficient (Wildman–Crippen LogP) is 2.66. The Balaban J connectivity index is 3.83. The molecule has 4 N–H and O–H groups in total. The second-order valence-corrected chi connectivity index (χ2v) is 8.40. The highest BCUT2D eigenvalue weighted by molar-refractivity contribution is 6.01. The zero-order valence-corrected chi connectivity index (χ0v) is 16.4. The van der Waals surface area contributed by atoms with Crippen LogP contribution in [0.15, 0.2) is 0 Å². The number of hydrogen-bond donors (Lipinski definition) is 4. The Bertz CT molecular complexity index is 593. The van der Waals surface area contributed by atoms with Gasteiger partial charge in [-0.2, -0.15) is 0 Å². The largest absolute Gasteiger partial charge is 0.480 e. The summed E-state index contributed by atoms with van der Waals surface area (Å²) < 4.78 is 0. The summed E-state index contributed by atoms with van der Waals surface area (Å²) in [5, 5.41) is 39.7. The van der Waals surface area contributed by atoms with Crippen LogP contribution in [0.4, 0.5) is 0 Å². The highest BCUT2D eigenvalue weighted by Crippen LogP contribution is 2.56. The van der Waals surface area contributed by atoms with Gasteiger partial charge in [-0.15, -0.1) is 0 Å². The van der Waals surface area contributed by atoms with E-state index in [2.05, 4.69) is 0 Å². The topological polar surface area (TPSA) is 149 Å². The van der Waals surface area contributed by atoms with Crippen LogP contribution in [0, 0.1) is 40.4 Å². The monoisotopic (exact) mass is 386 g/mol. The van der Waals surface area contributed by atoms with E-state index in [1.54, 1.807) is 0 Å². The van der Waals surface area contributed by atoms with Gasteiger partial charge in [0.15, 0.2) is 10.8 Å². The number of carbonyl (C=O) groups is 4. The van der Waals surface area contributed by atoms with Gasteiger partial charge in [-0.05, 0) is 42.4 Å². The normalized spacial score (nSPS) is 24.0. The van der Waals surface area contributed by atoms with Crippen LogP contribution in [-0.4, -0.2) is 44.3 Å². The van der Waals surface area contributed by atoms with E-state index in [1.807, 2.05) is 6.92 Å². The third kappa shape index (κ3) is 3.30. The molecule has 154 valence electrons. The van der Waals surface area contributed by atoms with Gasteiger partial charge in [-0.25, -0.2) is 0 Å². The van der Waals surface area contributed by atoms with Crippen LogP contribution >= 0.6 is 0 Å². The van der Waals surface area contributed by atoms with Gasteiger partial charge < -0.3 is 20.4 Å². The molecule has 0 saturated heterocycles. The molecule has 8 heteroatoms. The van der Waals surface area contributed by atoms with Crippen molar-refractivity contribution in [2.45, 2.75) is 53.9 Å². The molecule has 1 aliphatic carbocycles. The number of aliphatic carboxylic acids is 4. The van der Waals surface area contributed by atoms with Crippen molar-refractivity contribution in [1.82, 2.24) is 0 Å². The average Bonchev–Trinajstić information content (AvgIpc) is 2.48. The van der Waals surface area contributed by atoms with Crippen LogP contribution in [0.5, 0.6) is 0 Å². The van der Waals surface area contributed by atoms with E-state index in [-0.39, 0.29) is 18.8 Å². The Morgan fingerprint density at radius 3 is 1.33 bits per heavy atom. The molecule has 0 aromatic rings. The number of carboxylic acid groups (broad SMARTS) is 4. The van der Waals surface area contributed by atoms with E-state index in [1.165, 1.54) is 27.7 Å². The van der Waals surface area contributed by atoms with Crippen LogP contribution < -0.4 is 0 Å². The van der Waals surface area contributed by atoms with Crippen LogP contribution in [-0.2, 0) is 19.2 Å². The Morgan fingerprint density at radius 2 is 1.04 bits per heavy atom. The maximum Gasteiger partial charge on any atom is 0.321 e. The van der Waals surface area contributed by atoms with Gasteiger partial charge in [-0.3, -0.25) is 19.2 Å². The van der Waals surface area contributed by atoms with E-state index in [0.29, 0.717) is 6.42 Å². The summed E-state index contributed by atoms with van der Waals surface area (Å²) in [7, 11) is 0. The summed E-state index contributed by atoms with van der Waals surface area (Å²) >= 11 is 0. The lowest BCUT2D eigenvalue weighted by Crippen LogP contribution is -2.60. The minimum Gasteiger partial charge on any atom is -0.480 e. The number of hydrogen-bond acceptors (Lipinski definition) is 4. The van der Waals surface area contributed by atoms with Gasteiger partial charge in [0.25, 0.3) is 0 Å². The lowest BCUT2D eigenvalue weighted by molar-refractivity contribution is -0.194. The van der Waals surface area contributed by atoms with Gasteiger partial charge in [-0.1, -0.05) is 41.0 Å². The van der Waals surface area contributed by atoms with E-state index in [4.69, 9.17) is 0 Å². The molecule has 0 aromatic carbocycles. The second kappa shape index (κ2) is 7.86. The predicted molar refractivity (Wildman–Crippen MR) is 95.1 cm³/mol. The summed E-state index contributed by atoms with van der Waals surface area (Å²) in [5.41, 5.74) is -4.51. The van der Waals surface area contributed by atoms with Crippen LogP contribution in [0.3, 0.4) is 0 Å². The van der Waals surface area contributed by atoms with E-state index in [0.717, 1.165) is 0 Å². The van der Waals surface area contributed by atoms with Crippen molar-refractivity contribution >= 4 is 23.9 Å². The quantitative estimate of drug-likeness (QED) is 0.465. The zero-order chi connectivity index (χ0) is 21.3. The molecule has 1 saturated carbocycles. The Labute approximate surface area is 158 Å². The molecule has 0 bridgehead atoms. The van der Waals surface area contributed by atoms with Crippen LogP contribution in [0.25, 0.3) is 0 Å². The second-order valence-electron chi connectivity index (χ2n) is 8.40. The number of carboxylic acids is 4. The first-order chi connectivity index (χ1) is 12.3. The first-order valence-corrected chi connectivity index (χ1v) is 9.22. The summed E-state index contributed by atoms with van der Waals surface area (Å²) in [6.45, 7) is 7.72. The maximum atomic E-state index is 12.2. The minimum absolute atomic E-state index is 0.0319. The highest BCUT2D eigenvalue weighted by atomic mass is 16.4. The van der Waals surface area contributed by atoms with Gasteiger partial charge in [0.05, 0.1) is 0 Å². The Hall–Kier alpha value is -2.12. The molecule has 27 heavy (non-hydrogen) atoms. The molecule has 0 aliphatic heterocycles. The molecule has 8 nitrogen and oxygen atoms in total. The van der Waals surface area contributed by atoms with E-state index in [9.17, 15) is 39.6 Å². The van der Waals surface area contributed by atoms with E-state index < -0.39 is 58.4 Å². The molecular weight excluding hydrogens is 356 g/mol. The van der Waals surface area contributed by atoms with Gasteiger partial charge in [0.2, 0.25) is 0 Å². The molecule has 0 heterocycles. The smallest absolute Gasteiger partial charge is 0.321 e. The molecule has 0 spiro atoms. The van der Waals surface area contributed by atoms with Crippen molar-refractivity contribution in [3.05, 3.63) is 0 Å². The van der Waals surface area contributed by atoms with Crippen LogP contribution in [0.2, 0.25) is 0 Å². The third-order valence-corrected chi connectivity index (χ3v) is 6.52. The molecular formula is C19H30O8. The molecule has 1 fully saturated rings. The molecule has 0 amide bonds.